The van der Waals surface area contributed by atoms with Crippen LogP contribution >= 0.6 is 11.6 Å². The zero-order chi connectivity index (χ0) is 20.4. The Morgan fingerprint density at radius 3 is 2.72 bits per heavy atom. The fraction of sp³-hybridized carbons (Fsp3) is 0.200. The van der Waals surface area contributed by atoms with Gasteiger partial charge in [-0.05, 0) is 48.9 Å². The second-order valence-corrected chi connectivity index (χ2v) is 6.83. The largest absolute Gasteiger partial charge is 0.484 e. The molecule has 29 heavy (non-hydrogen) atoms. The summed E-state index contributed by atoms with van der Waals surface area (Å²) >= 11 is 5.85. The molecule has 2 aromatic carbocycles. The lowest BCUT2D eigenvalue weighted by Gasteiger charge is -2.08. The van der Waals surface area contributed by atoms with Gasteiger partial charge in [-0.3, -0.25) is 9.59 Å². The Labute approximate surface area is 169 Å². The first-order valence-electron chi connectivity index (χ1n) is 9.03. The number of aromatic nitrogens is 4. The lowest BCUT2D eigenvalue weighted by atomic mass is 10.2. The van der Waals surface area contributed by atoms with Crippen molar-refractivity contribution >= 4 is 22.6 Å². The molecule has 0 radical (unpaired) electrons. The summed E-state index contributed by atoms with van der Waals surface area (Å²) in [6.45, 7) is 2.52. The molecule has 2 heterocycles. The number of aromatic amines is 1. The Morgan fingerprint density at radius 1 is 1.17 bits per heavy atom. The molecule has 4 aromatic rings. The van der Waals surface area contributed by atoms with E-state index in [9.17, 15) is 9.59 Å². The van der Waals surface area contributed by atoms with Crippen LogP contribution in [0.3, 0.4) is 0 Å². The van der Waals surface area contributed by atoms with E-state index in [4.69, 9.17) is 20.9 Å². The van der Waals surface area contributed by atoms with Crippen molar-refractivity contribution < 1.29 is 9.26 Å². The van der Waals surface area contributed by atoms with E-state index in [1.165, 1.54) is 4.57 Å². The third-order valence-corrected chi connectivity index (χ3v) is 4.58. The highest BCUT2D eigenvalue weighted by Gasteiger charge is 2.13. The summed E-state index contributed by atoms with van der Waals surface area (Å²) in [4.78, 5) is 31.0. The van der Waals surface area contributed by atoms with Crippen molar-refractivity contribution in [1.29, 1.82) is 0 Å². The van der Waals surface area contributed by atoms with Crippen LogP contribution in [0.1, 0.15) is 19.2 Å². The highest BCUT2D eigenvalue weighted by atomic mass is 35.5. The minimum absolute atomic E-state index is 0.106. The fourth-order valence-corrected chi connectivity index (χ4v) is 3.10. The maximum absolute atomic E-state index is 12.1. The topological polar surface area (TPSA) is 103 Å². The predicted octanol–water partition coefficient (Wildman–Crippen LogP) is 3.38. The normalized spacial score (nSPS) is 11.1. The van der Waals surface area contributed by atoms with Crippen LogP contribution in [-0.4, -0.2) is 19.7 Å². The monoisotopic (exact) mass is 412 g/mol. The van der Waals surface area contributed by atoms with E-state index in [0.29, 0.717) is 45.6 Å². The number of aryl methyl sites for hydroxylation is 1. The summed E-state index contributed by atoms with van der Waals surface area (Å²) in [5, 5.41) is 4.59. The number of H-pyrrole nitrogens is 1. The summed E-state index contributed by atoms with van der Waals surface area (Å²) in [6.07, 6.45) is 0.738. The quantitative estimate of drug-likeness (QED) is 0.487. The number of rotatable bonds is 6. The molecule has 1 N–H and O–H groups in total. The summed E-state index contributed by atoms with van der Waals surface area (Å²) in [6, 6.07) is 12.2. The number of fused-ring (bicyclic) bond motifs is 1. The van der Waals surface area contributed by atoms with E-state index in [1.807, 2.05) is 6.92 Å². The molecule has 0 aliphatic carbocycles. The van der Waals surface area contributed by atoms with Crippen LogP contribution in [0.15, 0.2) is 56.6 Å². The molecule has 0 atom stereocenters. The molecule has 2 aromatic heterocycles. The zero-order valence-corrected chi connectivity index (χ0v) is 16.3. The lowest BCUT2D eigenvalue weighted by Crippen LogP contribution is -2.36. The maximum Gasteiger partial charge on any atom is 0.316 e. The Hall–Kier alpha value is -3.39. The minimum atomic E-state index is -0.659. The van der Waals surface area contributed by atoms with Crippen molar-refractivity contribution in [3.8, 4) is 17.1 Å². The van der Waals surface area contributed by atoms with Crippen molar-refractivity contribution in [2.75, 3.05) is 0 Å². The van der Waals surface area contributed by atoms with Crippen molar-refractivity contribution in [1.82, 2.24) is 19.7 Å². The molecule has 0 fully saturated rings. The van der Waals surface area contributed by atoms with Crippen molar-refractivity contribution in [2.24, 2.45) is 0 Å². The van der Waals surface area contributed by atoms with Crippen LogP contribution in [0.25, 0.3) is 22.4 Å². The zero-order valence-electron chi connectivity index (χ0n) is 15.5. The van der Waals surface area contributed by atoms with Crippen molar-refractivity contribution in [3.05, 3.63) is 74.1 Å². The molecule has 0 amide bonds. The van der Waals surface area contributed by atoms with Gasteiger partial charge in [0.1, 0.15) is 5.75 Å². The molecular weight excluding hydrogens is 396 g/mol. The fourth-order valence-electron chi connectivity index (χ4n) is 2.97. The van der Waals surface area contributed by atoms with Gasteiger partial charge in [0.05, 0.1) is 11.0 Å². The molecule has 0 unspecified atom stereocenters. The van der Waals surface area contributed by atoms with Crippen molar-refractivity contribution in [2.45, 2.75) is 26.5 Å². The number of ether oxygens (including phenoxy) is 1. The second kappa shape index (κ2) is 7.92. The Kier molecular flexibility index (Phi) is 5.18. The number of hydrogen-bond donors (Lipinski definition) is 1. The molecular formula is C20H17ClN4O4. The first-order valence-corrected chi connectivity index (χ1v) is 9.41. The van der Waals surface area contributed by atoms with E-state index in [0.717, 1.165) is 6.42 Å². The van der Waals surface area contributed by atoms with Gasteiger partial charge in [0, 0.05) is 17.1 Å². The van der Waals surface area contributed by atoms with Gasteiger partial charge >= 0.3 is 11.1 Å². The lowest BCUT2D eigenvalue weighted by molar-refractivity contribution is 0.243. The SMILES string of the molecule is CCCn1c(=O)c(=O)[nH]c2cc(-c3noc(COc4ccc(Cl)cc4)n3)ccc21. The molecule has 9 heteroatoms. The Balaban J connectivity index is 1.60. The Morgan fingerprint density at radius 2 is 1.97 bits per heavy atom. The molecule has 0 bridgehead atoms. The van der Waals surface area contributed by atoms with Crippen LogP contribution in [0.4, 0.5) is 0 Å². The predicted molar refractivity (Wildman–Crippen MR) is 108 cm³/mol. The maximum atomic E-state index is 12.1. The van der Waals surface area contributed by atoms with Gasteiger partial charge < -0.3 is 18.8 Å². The van der Waals surface area contributed by atoms with Crippen LogP contribution in [0.5, 0.6) is 5.75 Å². The molecule has 0 saturated heterocycles. The van der Waals surface area contributed by atoms with E-state index in [1.54, 1.807) is 42.5 Å². The molecule has 0 spiro atoms. The van der Waals surface area contributed by atoms with Gasteiger partial charge in [-0.1, -0.05) is 23.7 Å². The smallest absolute Gasteiger partial charge is 0.316 e. The second-order valence-electron chi connectivity index (χ2n) is 6.40. The number of hydrogen-bond acceptors (Lipinski definition) is 6. The Bertz CT molecular complexity index is 1270. The molecule has 0 aliphatic heterocycles. The van der Waals surface area contributed by atoms with E-state index in [-0.39, 0.29) is 6.61 Å². The van der Waals surface area contributed by atoms with Crippen molar-refractivity contribution in [3.63, 3.8) is 0 Å². The van der Waals surface area contributed by atoms with Gasteiger partial charge in [-0.25, -0.2) is 0 Å². The van der Waals surface area contributed by atoms with Gasteiger partial charge in [0.25, 0.3) is 5.89 Å². The van der Waals surface area contributed by atoms with Crippen LogP contribution in [-0.2, 0) is 13.2 Å². The van der Waals surface area contributed by atoms with Crippen LogP contribution in [0, 0.1) is 0 Å². The summed E-state index contributed by atoms with van der Waals surface area (Å²) < 4.78 is 12.3. The molecule has 0 saturated carbocycles. The van der Waals surface area contributed by atoms with Crippen LogP contribution in [0.2, 0.25) is 5.02 Å². The van der Waals surface area contributed by atoms with Gasteiger partial charge in [0.2, 0.25) is 5.82 Å². The summed E-state index contributed by atoms with van der Waals surface area (Å²) in [7, 11) is 0. The number of benzene rings is 2. The highest BCUT2D eigenvalue weighted by molar-refractivity contribution is 6.30. The van der Waals surface area contributed by atoms with Gasteiger partial charge in [0.15, 0.2) is 6.61 Å². The average molecular weight is 413 g/mol. The van der Waals surface area contributed by atoms with E-state index in [2.05, 4.69) is 15.1 Å². The third-order valence-electron chi connectivity index (χ3n) is 4.32. The van der Waals surface area contributed by atoms with E-state index >= 15 is 0 Å². The summed E-state index contributed by atoms with van der Waals surface area (Å²) in [5.74, 6) is 1.29. The molecule has 148 valence electrons. The van der Waals surface area contributed by atoms with Gasteiger partial charge in [-0.15, -0.1) is 0 Å². The first-order chi connectivity index (χ1) is 14.0. The average Bonchev–Trinajstić information content (AvgIpc) is 3.20. The highest BCUT2D eigenvalue weighted by Crippen LogP contribution is 2.21. The summed E-state index contributed by atoms with van der Waals surface area (Å²) in [5.41, 5.74) is 0.609. The minimum Gasteiger partial charge on any atom is -0.484 e. The number of nitrogens with one attached hydrogen (secondary N) is 1. The molecule has 4 rings (SSSR count). The standard InChI is InChI=1S/C20H17ClN4O4/c1-2-9-25-16-8-3-12(10-15(16)22-19(26)20(25)27)18-23-17(29-24-18)11-28-14-6-4-13(21)5-7-14/h3-8,10H,2,9,11H2,1H3,(H,22,26). The number of halogens is 1. The van der Waals surface area contributed by atoms with Gasteiger partial charge in [-0.2, -0.15) is 4.98 Å². The third kappa shape index (κ3) is 3.93. The first kappa shape index (κ1) is 18.9. The van der Waals surface area contributed by atoms with E-state index < -0.39 is 11.1 Å². The molecule has 8 nitrogen and oxygen atoms in total. The number of nitrogens with zero attached hydrogens (tertiary/aromatic N) is 3. The van der Waals surface area contributed by atoms with Crippen LogP contribution < -0.4 is 15.9 Å². The molecule has 0 aliphatic rings.